The molecule has 0 unspecified atom stereocenters. The van der Waals surface area contributed by atoms with Crippen LogP contribution in [-0.4, -0.2) is 33.2 Å². The van der Waals surface area contributed by atoms with Gasteiger partial charge in [0.1, 0.15) is 4.60 Å². The van der Waals surface area contributed by atoms with E-state index >= 15 is 0 Å². The third-order valence-electron chi connectivity index (χ3n) is 2.48. The summed E-state index contributed by atoms with van der Waals surface area (Å²) in [5.74, 6) is 0. The molecule has 0 aliphatic carbocycles. The van der Waals surface area contributed by atoms with Gasteiger partial charge in [0.15, 0.2) is 0 Å². The van der Waals surface area contributed by atoms with E-state index in [0.717, 1.165) is 10.2 Å². The van der Waals surface area contributed by atoms with Crippen molar-refractivity contribution in [2.45, 2.75) is 32.7 Å². The van der Waals surface area contributed by atoms with Crippen LogP contribution in [0, 0.1) is 0 Å². The summed E-state index contributed by atoms with van der Waals surface area (Å²) >= 11 is 3.36. The van der Waals surface area contributed by atoms with Gasteiger partial charge in [0.2, 0.25) is 0 Å². The Morgan fingerprint density at radius 2 is 2.18 bits per heavy atom. The molecule has 94 valence electrons. The van der Waals surface area contributed by atoms with Gasteiger partial charge in [0.05, 0.1) is 0 Å². The number of carbonyl (C=O) groups is 1. The van der Waals surface area contributed by atoms with Crippen molar-refractivity contribution >= 4 is 22.0 Å². The molecule has 0 atom stereocenters. The molecule has 17 heavy (non-hydrogen) atoms. The van der Waals surface area contributed by atoms with Gasteiger partial charge in [-0.3, -0.25) is 0 Å². The first kappa shape index (κ1) is 14.0. The maximum atomic E-state index is 11.2. The number of nitrogens with zero attached hydrogens (tertiary/aromatic N) is 2. The molecule has 1 amide bonds. The third kappa shape index (κ3) is 4.00. The van der Waals surface area contributed by atoms with Crippen molar-refractivity contribution in [2.24, 2.45) is 0 Å². The smallest absolute Gasteiger partial charge is 0.407 e. The summed E-state index contributed by atoms with van der Waals surface area (Å²) in [6.45, 7) is 6.13. The number of pyridine rings is 1. The summed E-state index contributed by atoms with van der Waals surface area (Å²) in [4.78, 5) is 16.7. The van der Waals surface area contributed by atoms with Crippen molar-refractivity contribution in [3.8, 4) is 0 Å². The Bertz CT molecular complexity index is 402. The molecule has 0 fully saturated rings. The van der Waals surface area contributed by atoms with Crippen LogP contribution in [0.4, 0.5) is 4.79 Å². The molecule has 0 bridgehead atoms. The molecule has 0 spiro atoms. The highest BCUT2D eigenvalue weighted by Gasteiger charge is 2.25. The van der Waals surface area contributed by atoms with Crippen molar-refractivity contribution < 1.29 is 9.90 Å². The molecule has 1 aromatic rings. The topological polar surface area (TPSA) is 53.4 Å². The number of carboxylic acid groups (broad SMARTS) is 1. The summed E-state index contributed by atoms with van der Waals surface area (Å²) in [5, 5.41) is 9.15. The van der Waals surface area contributed by atoms with E-state index in [1.54, 1.807) is 6.20 Å². The van der Waals surface area contributed by atoms with Crippen LogP contribution in [0.15, 0.2) is 22.9 Å². The van der Waals surface area contributed by atoms with Crippen LogP contribution in [-0.2, 0) is 6.42 Å². The average molecular weight is 301 g/mol. The van der Waals surface area contributed by atoms with Crippen molar-refractivity contribution in [1.82, 2.24) is 9.88 Å². The minimum atomic E-state index is -0.891. The Morgan fingerprint density at radius 3 is 2.65 bits per heavy atom. The Hall–Kier alpha value is -1.10. The van der Waals surface area contributed by atoms with E-state index in [1.807, 2.05) is 32.9 Å². The van der Waals surface area contributed by atoms with Gasteiger partial charge in [-0.1, -0.05) is 6.07 Å². The second-order valence-corrected chi connectivity index (χ2v) is 5.56. The highest BCUT2D eigenvalue weighted by atomic mass is 79.9. The lowest BCUT2D eigenvalue weighted by molar-refractivity contribution is 0.101. The fourth-order valence-corrected chi connectivity index (χ4v) is 2.00. The molecule has 0 aliphatic rings. The van der Waals surface area contributed by atoms with Crippen LogP contribution in [0.1, 0.15) is 26.3 Å². The number of halogens is 1. The van der Waals surface area contributed by atoms with Crippen LogP contribution >= 0.6 is 15.9 Å². The van der Waals surface area contributed by atoms with Crippen molar-refractivity contribution in [2.75, 3.05) is 6.54 Å². The normalized spacial score (nSPS) is 11.3. The minimum absolute atomic E-state index is 0.388. The monoisotopic (exact) mass is 300 g/mol. The highest BCUT2D eigenvalue weighted by Crippen LogP contribution is 2.17. The lowest BCUT2D eigenvalue weighted by atomic mass is 10.1. The van der Waals surface area contributed by atoms with E-state index in [0.29, 0.717) is 13.0 Å². The molecular weight excluding hydrogens is 284 g/mol. The third-order valence-corrected chi connectivity index (χ3v) is 3.20. The predicted molar refractivity (Wildman–Crippen MR) is 70.1 cm³/mol. The van der Waals surface area contributed by atoms with E-state index in [-0.39, 0.29) is 5.54 Å². The zero-order valence-corrected chi connectivity index (χ0v) is 11.9. The number of amides is 1. The summed E-state index contributed by atoms with van der Waals surface area (Å²) in [6, 6.07) is 3.79. The van der Waals surface area contributed by atoms with Gasteiger partial charge in [0.25, 0.3) is 0 Å². The van der Waals surface area contributed by atoms with Crippen LogP contribution < -0.4 is 0 Å². The molecule has 5 heteroatoms. The molecule has 0 aromatic carbocycles. The Balaban J connectivity index is 2.72. The van der Waals surface area contributed by atoms with Crippen LogP contribution in [0.2, 0.25) is 0 Å². The van der Waals surface area contributed by atoms with Gasteiger partial charge in [0, 0.05) is 18.3 Å². The summed E-state index contributed by atoms with van der Waals surface area (Å²) < 4.78 is 0.777. The largest absolute Gasteiger partial charge is 0.465 e. The fourth-order valence-electron chi connectivity index (χ4n) is 1.56. The lowest BCUT2D eigenvalue weighted by Crippen LogP contribution is -2.45. The molecular formula is C12H17BrN2O2. The number of rotatable bonds is 3. The maximum absolute atomic E-state index is 11.2. The Labute approximate surface area is 110 Å². The van der Waals surface area contributed by atoms with Gasteiger partial charge in [-0.15, -0.1) is 0 Å². The summed E-state index contributed by atoms with van der Waals surface area (Å²) in [6.07, 6.45) is 1.46. The molecule has 0 saturated heterocycles. The Morgan fingerprint density at radius 1 is 1.53 bits per heavy atom. The standard InChI is InChI=1S/C12H17BrN2O2/c1-12(2,3)15(11(16)17)8-6-9-5-4-7-14-10(9)13/h4-5,7H,6,8H2,1-3H3,(H,16,17). The van der Waals surface area contributed by atoms with Crippen molar-refractivity contribution in [1.29, 1.82) is 0 Å². The predicted octanol–water partition coefficient (Wildman–Crippen LogP) is 3.17. The highest BCUT2D eigenvalue weighted by molar-refractivity contribution is 9.10. The zero-order chi connectivity index (χ0) is 13.1. The fraction of sp³-hybridized carbons (Fsp3) is 0.500. The minimum Gasteiger partial charge on any atom is -0.465 e. The SMILES string of the molecule is CC(C)(C)N(CCc1cccnc1Br)C(=O)O. The van der Waals surface area contributed by atoms with Crippen LogP contribution in [0.5, 0.6) is 0 Å². The first-order valence-corrected chi connectivity index (χ1v) is 6.21. The summed E-state index contributed by atoms with van der Waals surface area (Å²) in [5.41, 5.74) is 0.628. The van der Waals surface area contributed by atoms with Gasteiger partial charge < -0.3 is 10.0 Å². The van der Waals surface area contributed by atoms with E-state index in [1.165, 1.54) is 4.90 Å². The second-order valence-electron chi connectivity index (χ2n) is 4.81. The second kappa shape index (κ2) is 5.49. The average Bonchev–Trinajstić information content (AvgIpc) is 2.18. The molecule has 1 N–H and O–H groups in total. The molecule has 0 saturated carbocycles. The zero-order valence-electron chi connectivity index (χ0n) is 10.3. The quantitative estimate of drug-likeness (QED) is 0.872. The Kier molecular flexibility index (Phi) is 4.51. The van der Waals surface area contributed by atoms with Gasteiger partial charge >= 0.3 is 6.09 Å². The molecule has 1 rings (SSSR count). The van der Waals surface area contributed by atoms with Crippen LogP contribution in [0.3, 0.4) is 0 Å². The van der Waals surface area contributed by atoms with Gasteiger partial charge in [-0.2, -0.15) is 0 Å². The van der Waals surface area contributed by atoms with E-state index in [4.69, 9.17) is 5.11 Å². The number of aromatic nitrogens is 1. The van der Waals surface area contributed by atoms with E-state index in [9.17, 15) is 4.79 Å². The molecule has 1 heterocycles. The van der Waals surface area contributed by atoms with Crippen molar-refractivity contribution in [3.63, 3.8) is 0 Å². The number of hydrogen-bond donors (Lipinski definition) is 1. The molecule has 4 nitrogen and oxygen atoms in total. The molecule has 0 radical (unpaired) electrons. The van der Waals surface area contributed by atoms with Crippen LogP contribution in [0.25, 0.3) is 0 Å². The van der Waals surface area contributed by atoms with E-state index < -0.39 is 6.09 Å². The van der Waals surface area contributed by atoms with Crippen molar-refractivity contribution in [3.05, 3.63) is 28.5 Å². The van der Waals surface area contributed by atoms with E-state index in [2.05, 4.69) is 20.9 Å². The summed E-state index contributed by atoms with van der Waals surface area (Å²) in [7, 11) is 0. The molecule has 0 aliphatic heterocycles. The van der Waals surface area contributed by atoms with Gasteiger partial charge in [-0.25, -0.2) is 9.78 Å². The first-order chi connectivity index (χ1) is 7.82. The maximum Gasteiger partial charge on any atom is 0.407 e. The number of hydrogen-bond acceptors (Lipinski definition) is 2. The van der Waals surface area contributed by atoms with Gasteiger partial charge in [-0.05, 0) is 54.8 Å². The lowest BCUT2D eigenvalue weighted by Gasteiger charge is -2.33. The first-order valence-electron chi connectivity index (χ1n) is 5.42. The molecule has 1 aromatic heterocycles.